The van der Waals surface area contributed by atoms with E-state index in [0.717, 1.165) is 33.9 Å². The van der Waals surface area contributed by atoms with Crippen molar-refractivity contribution in [2.45, 2.75) is 6.92 Å². The van der Waals surface area contributed by atoms with Crippen molar-refractivity contribution in [3.63, 3.8) is 0 Å². The number of carbonyl (C=O) groups is 1. The third-order valence-corrected chi connectivity index (χ3v) is 2.82. The molecule has 2 aromatic carbocycles. The number of hydrogen-bond acceptors (Lipinski definition) is 2. The zero-order valence-corrected chi connectivity index (χ0v) is 9.94. The molecule has 2 rings (SSSR count). The Morgan fingerprint density at radius 3 is 2.53 bits per heavy atom. The molecule has 0 saturated heterocycles. The first kappa shape index (κ1) is 11.4. The van der Waals surface area contributed by atoms with E-state index >= 15 is 0 Å². The lowest BCUT2D eigenvalue weighted by Gasteiger charge is -2.05. The van der Waals surface area contributed by atoms with Crippen LogP contribution in [0.3, 0.4) is 0 Å². The van der Waals surface area contributed by atoms with Gasteiger partial charge in [-0.25, -0.2) is 0 Å². The molecule has 2 nitrogen and oxygen atoms in total. The van der Waals surface area contributed by atoms with Gasteiger partial charge < -0.3 is 4.74 Å². The van der Waals surface area contributed by atoms with Gasteiger partial charge in [0, 0.05) is 0 Å². The summed E-state index contributed by atoms with van der Waals surface area (Å²) in [6.45, 7) is 1.93. The summed E-state index contributed by atoms with van der Waals surface area (Å²) < 4.78 is 5.18. The first-order chi connectivity index (χ1) is 8.24. The third kappa shape index (κ3) is 2.36. The monoisotopic (exact) mass is 226 g/mol. The third-order valence-electron chi connectivity index (χ3n) is 2.82. The van der Waals surface area contributed by atoms with Gasteiger partial charge in [-0.1, -0.05) is 18.2 Å². The Kier molecular flexibility index (Phi) is 3.24. The van der Waals surface area contributed by atoms with Gasteiger partial charge >= 0.3 is 0 Å². The van der Waals surface area contributed by atoms with Crippen molar-refractivity contribution >= 4 is 22.6 Å². The molecule has 0 fully saturated rings. The highest BCUT2D eigenvalue weighted by Crippen LogP contribution is 2.24. The van der Waals surface area contributed by atoms with Crippen LogP contribution in [-0.2, 0) is 4.79 Å². The fourth-order valence-electron chi connectivity index (χ4n) is 1.79. The number of ether oxygens (including phenoxy) is 1. The molecule has 2 aromatic rings. The van der Waals surface area contributed by atoms with Crippen molar-refractivity contribution < 1.29 is 9.53 Å². The van der Waals surface area contributed by atoms with Crippen molar-refractivity contribution in [1.82, 2.24) is 0 Å². The smallest absolute Gasteiger partial charge is 0.143 e. The molecule has 0 bridgehead atoms. The Hall–Kier alpha value is -2.09. The van der Waals surface area contributed by atoms with Crippen LogP contribution >= 0.6 is 0 Å². The molecule has 0 heterocycles. The van der Waals surface area contributed by atoms with Crippen LogP contribution in [0, 0.1) is 0 Å². The number of carbonyl (C=O) groups excluding carboxylic acids is 1. The molecular formula is C15H14O2. The van der Waals surface area contributed by atoms with Gasteiger partial charge in [-0.3, -0.25) is 4.79 Å². The molecule has 2 heteroatoms. The Balaban J connectivity index is 2.52. The van der Waals surface area contributed by atoms with Crippen LogP contribution in [0.1, 0.15) is 12.5 Å². The van der Waals surface area contributed by atoms with E-state index in [-0.39, 0.29) is 0 Å². The van der Waals surface area contributed by atoms with E-state index in [9.17, 15) is 4.79 Å². The first-order valence-electron chi connectivity index (χ1n) is 5.45. The van der Waals surface area contributed by atoms with Gasteiger partial charge in [0.05, 0.1) is 7.11 Å². The number of fused-ring (bicyclic) bond motifs is 1. The van der Waals surface area contributed by atoms with Crippen LogP contribution in [-0.4, -0.2) is 13.4 Å². The second-order valence-corrected chi connectivity index (χ2v) is 3.91. The highest BCUT2D eigenvalue weighted by molar-refractivity contribution is 5.89. The summed E-state index contributed by atoms with van der Waals surface area (Å²) in [5, 5.41) is 2.27. The van der Waals surface area contributed by atoms with Gasteiger partial charge in [0.1, 0.15) is 12.0 Å². The quantitative estimate of drug-likeness (QED) is 0.592. The van der Waals surface area contributed by atoms with E-state index < -0.39 is 0 Å². The zero-order chi connectivity index (χ0) is 12.3. The Morgan fingerprint density at radius 2 is 1.82 bits per heavy atom. The summed E-state index contributed by atoms with van der Waals surface area (Å²) >= 11 is 0. The van der Waals surface area contributed by atoms with E-state index in [4.69, 9.17) is 4.74 Å². The molecule has 17 heavy (non-hydrogen) atoms. The second kappa shape index (κ2) is 4.83. The van der Waals surface area contributed by atoms with Crippen molar-refractivity contribution in [1.29, 1.82) is 0 Å². The molecule has 0 unspecified atom stereocenters. The van der Waals surface area contributed by atoms with Crippen molar-refractivity contribution in [3.8, 4) is 5.75 Å². The van der Waals surface area contributed by atoms with E-state index in [1.165, 1.54) is 0 Å². The maximum atomic E-state index is 10.4. The molecule has 0 aliphatic heterocycles. The SMILES string of the molecule is COc1ccc2cc(/C(C)=C/C=O)ccc2c1. The Morgan fingerprint density at radius 1 is 1.12 bits per heavy atom. The van der Waals surface area contributed by atoms with Gasteiger partial charge in [-0.15, -0.1) is 0 Å². The predicted molar refractivity (Wildman–Crippen MR) is 70.2 cm³/mol. The molecule has 0 atom stereocenters. The van der Waals surface area contributed by atoms with Crippen LogP contribution in [0.2, 0.25) is 0 Å². The number of benzene rings is 2. The van der Waals surface area contributed by atoms with Crippen LogP contribution in [0.5, 0.6) is 5.75 Å². The van der Waals surface area contributed by atoms with Gasteiger partial charge in [0.15, 0.2) is 0 Å². The lowest BCUT2D eigenvalue weighted by atomic mass is 10.0. The van der Waals surface area contributed by atoms with Gasteiger partial charge in [-0.05, 0) is 53.1 Å². The number of rotatable bonds is 3. The van der Waals surface area contributed by atoms with Crippen LogP contribution < -0.4 is 4.74 Å². The molecule has 0 spiro atoms. The summed E-state index contributed by atoms with van der Waals surface area (Å²) in [4.78, 5) is 10.4. The second-order valence-electron chi connectivity index (χ2n) is 3.91. The van der Waals surface area contributed by atoms with E-state index in [2.05, 4.69) is 6.07 Å². The standard InChI is InChI=1S/C15H14O2/c1-11(7-8-16)12-3-4-14-10-15(17-2)6-5-13(14)9-12/h3-10H,1-2H3/b11-7+. The molecule has 0 saturated carbocycles. The van der Waals surface area contributed by atoms with Gasteiger partial charge in [-0.2, -0.15) is 0 Å². The number of allylic oxidation sites excluding steroid dienone is 2. The molecule has 0 aromatic heterocycles. The molecule has 0 amide bonds. The predicted octanol–water partition coefficient (Wildman–Crippen LogP) is 3.45. The minimum atomic E-state index is 0.813. The van der Waals surface area contributed by atoms with Crippen molar-refractivity contribution in [2.75, 3.05) is 7.11 Å². The van der Waals surface area contributed by atoms with Crippen molar-refractivity contribution in [3.05, 3.63) is 48.0 Å². The van der Waals surface area contributed by atoms with Crippen LogP contribution in [0.25, 0.3) is 16.3 Å². The first-order valence-corrected chi connectivity index (χ1v) is 5.45. The molecule has 86 valence electrons. The minimum absolute atomic E-state index is 0.813. The lowest BCUT2D eigenvalue weighted by Crippen LogP contribution is -1.84. The van der Waals surface area contributed by atoms with E-state index in [1.807, 2.05) is 37.3 Å². The minimum Gasteiger partial charge on any atom is -0.497 e. The molecule has 0 aliphatic rings. The fourth-order valence-corrected chi connectivity index (χ4v) is 1.79. The number of aldehydes is 1. The summed E-state index contributed by atoms with van der Waals surface area (Å²) in [6, 6.07) is 12.1. The zero-order valence-electron chi connectivity index (χ0n) is 9.94. The van der Waals surface area contributed by atoms with Crippen LogP contribution in [0.15, 0.2) is 42.5 Å². The summed E-state index contributed by atoms with van der Waals surface area (Å²) in [5.41, 5.74) is 2.03. The summed E-state index contributed by atoms with van der Waals surface area (Å²) in [6.07, 6.45) is 2.39. The Bertz CT molecular complexity index is 582. The number of hydrogen-bond donors (Lipinski definition) is 0. The molecule has 0 N–H and O–H groups in total. The average Bonchev–Trinajstić information content (AvgIpc) is 2.37. The summed E-state index contributed by atoms with van der Waals surface area (Å²) in [7, 11) is 1.66. The number of methoxy groups -OCH3 is 1. The van der Waals surface area contributed by atoms with Crippen LogP contribution in [0.4, 0.5) is 0 Å². The maximum Gasteiger partial charge on any atom is 0.143 e. The summed E-state index contributed by atoms with van der Waals surface area (Å²) in [5.74, 6) is 0.852. The van der Waals surface area contributed by atoms with Gasteiger partial charge in [0.25, 0.3) is 0 Å². The highest BCUT2D eigenvalue weighted by Gasteiger charge is 2.00. The van der Waals surface area contributed by atoms with E-state index in [1.54, 1.807) is 13.2 Å². The largest absolute Gasteiger partial charge is 0.497 e. The normalized spacial score (nSPS) is 11.5. The van der Waals surface area contributed by atoms with Gasteiger partial charge in [0.2, 0.25) is 0 Å². The molecular weight excluding hydrogens is 212 g/mol. The maximum absolute atomic E-state index is 10.4. The molecule has 0 aliphatic carbocycles. The lowest BCUT2D eigenvalue weighted by molar-refractivity contribution is -0.104. The van der Waals surface area contributed by atoms with E-state index in [0.29, 0.717) is 0 Å². The Labute approximate surface area is 101 Å². The highest BCUT2D eigenvalue weighted by atomic mass is 16.5. The molecule has 0 radical (unpaired) electrons. The van der Waals surface area contributed by atoms with Crippen molar-refractivity contribution in [2.24, 2.45) is 0 Å². The average molecular weight is 226 g/mol. The fraction of sp³-hybridized carbons (Fsp3) is 0.133. The topological polar surface area (TPSA) is 26.3 Å².